The van der Waals surface area contributed by atoms with Gasteiger partial charge in [-0.05, 0) is 18.6 Å². The summed E-state index contributed by atoms with van der Waals surface area (Å²) < 4.78 is 38.2. The van der Waals surface area contributed by atoms with E-state index < -0.39 is 11.9 Å². The molecule has 7 nitrogen and oxygen atoms in total. The van der Waals surface area contributed by atoms with Crippen molar-refractivity contribution in [1.29, 1.82) is 0 Å². The minimum Gasteiger partial charge on any atom is -0.368 e. The lowest BCUT2D eigenvalue weighted by atomic mass is 10.2. The predicted octanol–water partition coefficient (Wildman–Crippen LogP) is 1.66. The second-order valence-corrected chi connectivity index (χ2v) is 4.89. The van der Waals surface area contributed by atoms with Crippen LogP contribution in [0, 0.1) is 0 Å². The second kappa shape index (κ2) is 5.45. The summed E-state index contributed by atoms with van der Waals surface area (Å²) in [5.74, 6) is -0.331. The maximum Gasteiger partial charge on any atom is 0.433 e. The highest BCUT2D eigenvalue weighted by Crippen LogP contribution is 2.30. The van der Waals surface area contributed by atoms with Crippen LogP contribution in [0.5, 0.6) is 0 Å². The Bertz CT molecular complexity index is 764. The summed E-state index contributed by atoms with van der Waals surface area (Å²) in [4.78, 5) is 28.2. The van der Waals surface area contributed by atoms with Crippen molar-refractivity contribution in [2.75, 3.05) is 17.2 Å². The van der Waals surface area contributed by atoms with Gasteiger partial charge in [0.25, 0.3) is 0 Å². The van der Waals surface area contributed by atoms with Crippen LogP contribution in [-0.4, -0.2) is 32.4 Å². The van der Waals surface area contributed by atoms with Gasteiger partial charge in [-0.25, -0.2) is 0 Å². The maximum atomic E-state index is 12.7. The van der Waals surface area contributed by atoms with Gasteiger partial charge < -0.3 is 5.73 Å². The Hall–Kier alpha value is -2.78. The summed E-state index contributed by atoms with van der Waals surface area (Å²) in [7, 11) is 0. The lowest BCUT2D eigenvalue weighted by molar-refractivity contribution is -0.141. The molecule has 3 heterocycles. The van der Waals surface area contributed by atoms with Crippen LogP contribution in [0.25, 0.3) is 11.4 Å². The fourth-order valence-electron chi connectivity index (χ4n) is 2.21. The van der Waals surface area contributed by atoms with Crippen LogP contribution in [0.15, 0.2) is 18.3 Å². The summed E-state index contributed by atoms with van der Waals surface area (Å²) in [5.41, 5.74) is 4.63. The van der Waals surface area contributed by atoms with Crippen LogP contribution >= 0.6 is 0 Å². The summed E-state index contributed by atoms with van der Waals surface area (Å²) >= 11 is 0. The first-order chi connectivity index (χ1) is 10.8. The van der Waals surface area contributed by atoms with Crippen LogP contribution in [0.1, 0.15) is 18.5 Å². The highest BCUT2D eigenvalue weighted by atomic mass is 19.4. The Balaban J connectivity index is 2.03. The van der Waals surface area contributed by atoms with Gasteiger partial charge >= 0.3 is 6.18 Å². The molecule has 0 radical (unpaired) electrons. The minimum absolute atomic E-state index is 0.0416. The molecule has 1 aliphatic heterocycles. The van der Waals surface area contributed by atoms with Gasteiger partial charge in [-0.15, -0.1) is 0 Å². The van der Waals surface area contributed by atoms with Gasteiger partial charge in [0.2, 0.25) is 17.8 Å². The van der Waals surface area contributed by atoms with Gasteiger partial charge in [0.1, 0.15) is 5.69 Å². The van der Waals surface area contributed by atoms with E-state index in [1.807, 2.05) is 0 Å². The van der Waals surface area contributed by atoms with Crippen molar-refractivity contribution in [3.8, 4) is 11.4 Å². The summed E-state index contributed by atoms with van der Waals surface area (Å²) in [6.45, 7) is 0.436. The SMILES string of the molecule is Nc1nc(-c2ccnc(C(F)(F)F)c2)nc(N2CCCC2=O)n1. The summed E-state index contributed by atoms with van der Waals surface area (Å²) in [5, 5.41) is 0. The van der Waals surface area contributed by atoms with Crippen molar-refractivity contribution in [2.45, 2.75) is 19.0 Å². The largest absolute Gasteiger partial charge is 0.433 e. The van der Waals surface area contributed by atoms with Gasteiger partial charge in [0, 0.05) is 24.7 Å². The molecule has 10 heteroatoms. The first-order valence-electron chi connectivity index (χ1n) is 6.70. The molecule has 1 saturated heterocycles. The van der Waals surface area contributed by atoms with Gasteiger partial charge in [0.15, 0.2) is 5.82 Å². The molecule has 0 aliphatic carbocycles. The number of carbonyl (C=O) groups is 1. The number of nitrogen functional groups attached to an aromatic ring is 1. The van der Waals surface area contributed by atoms with Crippen molar-refractivity contribution >= 4 is 17.8 Å². The first kappa shape index (κ1) is 15.1. The number of alkyl halides is 3. The number of aromatic nitrogens is 4. The quantitative estimate of drug-likeness (QED) is 0.902. The lowest BCUT2D eigenvalue weighted by Crippen LogP contribution is -2.26. The second-order valence-electron chi connectivity index (χ2n) is 4.89. The fraction of sp³-hybridized carbons (Fsp3) is 0.308. The van der Waals surface area contributed by atoms with Crippen LogP contribution in [0.4, 0.5) is 25.1 Å². The Labute approximate surface area is 128 Å². The molecule has 0 aromatic carbocycles. The van der Waals surface area contributed by atoms with E-state index in [4.69, 9.17) is 5.73 Å². The zero-order chi connectivity index (χ0) is 16.6. The molecular weight excluding hydrogens is 313 g/mol. The van der Waals surface area contributed by atoms with Gasteiger partial charge in [-0.1, -0.05) is 0 Å². The Morgan fingerprint density at radius 1 is 1.22 bits per heavy atom. The number of nitrogens with two attached hydrogens (primary N) is 1. The number of nitrogens with zero attached hydrogens (tertiary/aromatic N) is 5. The van der Waals surface area contributed by atoms with Crippen molar-refractivity contribution in [2.24, 2.45) is 0 Å². The minimum atomic E-state index is -4.58. The molecule has 1 amide bonds. The monoisotopic (exact) mass is 324 g/mol. The Morgan fingerprint density at radius 2 is 2.00 bits per heavy atom. The van der Waals surface area contributed by atoms with E-state index in [0.717, 1.165) is 12.3 Å². The number of carbonyl (C=O) groups excluding carboxylic acids is 1. The zero-order valence-corrected chi connectivity index (χ0v) is 11.7. The zero-order valence-electron chi connectivity index (χ0n) is 11.7. The third-order valence-corrected chi connectivity index (χ3v) is 3.26. The summed E-state index contributed by atoms with van der Waals surface area (Å²) in [6.07, 6.45) is -2.54. The number of rotatable bonds is 2. The smallest absolute Gasteiger partial charge is 0.368 e. The molecule has 0 saturated carbocycles. The first-order valence-corrected chi connectivity index (χ1v) is 6.70. The van der Waals surface area contributed by atoms with Crippen molar-refractivity contribution in [1.82, 2.24) is 19.9 Å². The molecule has 1 aliphatic rings. The number of halogens is 3. The molecule has 2 aromatic rings. The van der Waals surface area contributed by atoms with Crippen LogP contribution in [0.2, 0.25) is 0 Å². The van der Waals surface area contributed by atoms with E-state index in [1.165, 1.54) is 11.0 Å². The number of anilines is 2. The molecule has 23 heavy (non-hydrogen) atoms. The van der Waals surface area contributed by atoms with E-state index >= 15 is 0 Å². The third kappa shape index (κ3) is 3.05. The number of hydrogen-bond acceptors (Lipinski definition) is 6. The molecule has 1 fully saturated rings. The molecule has 120 valence electrons. The van der Waals surface area contributed by atoms with Gasteiger partial charge in [0.05, 0.1) is 0 Å². The van der Waals surface area contributed by atoms with E-state index in [-0.39, 0.29) is 29.2 Å². The van der Waals surface area contributed by atoms with Gasteiger partial charge in [-0.2, -0.15) is 28.1 Å². The molecule has 0 unspecified atom stereocenters. The van der Waals surface area contributed by atoms with E-state index in [1.54, 1.807) is 0 Å². The van der Waals surface area contributed by atoms with Crippen molar-refractivity contribution < 1.29 is 18.0 Å². The predicted molar refractivity (Wildman–Crippen MR) is 74.1 cm³/mol. The highest BCUT2D eigenvalue weighted by Gasteiger charge is 2.33. The average Bonchev–Trinajstić information content (AvgIpc) is 2.92. The standard InChI is InChI=1S/C13H11F3N6O/c14-13(15,16)8-6-7(3-4-18-8)10-19-11(17)21-12(20-10)22-5-1-2-9(22)23/h3-4,6H,1-2,5H2,(H2,17,19,20,21). The molecule has 0 bridgehead atoms. The van der Waals surface area contributed by atoms with E-state index in [2.05, 4.69) is 19.9 Å². The number of amides is 1. The molecule has 0 atom stereocenters. The van der Waals surface area contributed by atoms with E-state index in [9.17, 15) is 18.0 Å². The van der Waals surface area contributed by atoms with E-state index in [0.29, 0.717) is 19.4 Å². The van der Waals surface area contributed by atoms with Crippen molar-refractivity contribution in [3.63, 3.8) is 0 Å². The van der Waals surface area contributed by atoms with Crippen LogP contribution in [-0.2, 0) is 11.0 Å². The molecule has 2 N–H and O–H groups in total. The number of pyridine rings is 1. The lowest BCUT2D eigenvalue weighted by Gasteiger charge is -2.14. The third-order valence-electron chi connectivity index (χ3n) is 3.26. The highest BCUT2D eigenvalue weighted by molar-refractivity contribution is 5.93. The molecule has 3 rings (SSSR count). The Morgan fingerprint density at radius 3 is 2.65 bits per heavy atom. The molecule has 0 spiro atoms. The Kier molecular flexibility index (Phi) is 3.58. The average molecular weight is 324 g/mol. The topological polar surface area (TPSA) is 97.9 Å². The van der Waals surface area contributed by atoms with Gasteiger partial charge in [-0.3, -0.25) is 14.7 Å². The fourth-order valence-corrected chi connectivity index (χ4v) is 2.21. The number of hydrogen-bond donors (Lipinski definition) is 1. The van der Waals surface area contributed by atoms with Crippen LogP contribution < -0.4 is 10.6 Å². The van der Waals surface area contributed by atoms with Crippen LogP contribution in [0.3, 0.4) is 0 Å². The van der Waals surface area contributed by atoms with Crippen molar-refractivity contribution in [3.05, 3.63) is 24.0 Å². The summed E-state index contributed by atoms with van der Waals surface area (Å²) in [6, 6.07) is 2.16. The normalized spacial score (nSPS) is 15.3. The molecule has 2 aromatic heterocycles. The maximum absolute atomic E-state index is 12.7. The molecular formula is C13H11F3N6O.